The lowest BCUT2D eigenvalue weighted by Gasteiger charge is -2.20. The first-order valence-corrected chi connectivity index (χ1v) is 10.8. The predicted octanol–water partition coefficient (Wildman–Crippen LogP) is 4.36. The van der Waals surface area contributed by atoms with Gasteiger partial charge in [0.05, 0.1) is 16.7 Å². The Morgan fingerprint density at radius 2 is 1.73 bits per heavy atom. The highest BCUT2D eigenvalue weighted by Gasteiger charge is 2.36. The van der Waals surface area contributed by atoms with Gasteiger partial charge in [0.2, 0.25) is 11.8 Å². The van der Waals surface area contributed by atoms with Crippen LogP contribution in [-0.4, -0.2) is 35.0 Å². The largest absolute Gasteiger partial charge is 0.318 e. The predicted molar refractivity (Wildman–Crippen MR) is 126 cm³/mol. The van der Waals surface area contributed by atoms with E-state index in [9.17, 15) is 14.0 Å². The fraction of sp³-hybridized carbons (Fsp3) is 0.192. The summed E-state index contributed by atoms with van der Waals surface area (Å²) in [6, 6.07) is 23.3. The smallest absolute Gasteiger partial charge is 0.246 e. The van der Waals surface area contributed by atoms with Gasteiger partial charge in [-0.05, 0) is 36.4 Å². The lowest BCUT2D eigenvalue weighted by molar-refractivity contribution is -0.119. The lowest BCUT2D eigenvalue weighted by Crippen LogP contribution is -2.31. The van der Waals surface area contributed by atoms with Crippen LogP contribution in [0.4, 0.5) is 15.8 Å². The number of hydrogen-bond acceptors (Lipinski definition) is 3. The van der Waals surface area contributed by atoms with Gasteiger partial charge in [0.15, 0.2) is 0 Å². The van der Waals surface area contributed by atoms with Gasteiger partial charge in [0, 0.05) is 31.6 Å². The first-order chi connectivity index (χ1) is 16.0. The number of likely N-dealkylation sites (N-methyl/N-ethyl adjacent to an activating group) is 1. The zero-order valence-corrected chi connectivity index (χ0v) is 18.2. The van der Waals surface area contributed by atoms with Gasteiger partial charge in [-0.3, -0.25) is 9.59 Å². The van der Waals surface area contributed by atoms with Crippen LogP contribution >= 0.6 is 0 Å². The van der Waals surface area contributed by atoms with E-state index in [1.54, 1.807) is 30.1 Å². The van der Waals surface area contributed by atoms with Crippen molar-refractivity contribution in [2.24, 2.45) is 0 Å². The van der Waals surface area contributed by atoms with Crippen molar-refractivity contribution in [1.82, 2.24) is 9.55 Å². The Labute approximate surface area is 190 Å². The molecule has 166 valence electrons. The first kappa shape index (κ1) is 20.9. The molecule has 5 rings (SSSR count). The normalized spacial score (nSPS) is 15.9. The molecule has 3 aromatic carbocycles. The van der Waals surface area contributed by atoms with E-state index < -0.39 is 5.82 Å². The molecule has 1 aromatic heterocycles. The summed E-state index contributed by atoms with van der Waals surface area (Å²) >= 11 is 0. The molecular formula is C26H23FN4O2. The van der Waals surface area contributed by atoms with Gasteiger partial charge in [0.25, 0.3) is 0 Å². The summed E-state index contributed by atoms with van der Waals surface area (Å²) in [7, 11) is 1.75. The summed E-state index contributed by atoms with van der Waals surface area (Å²) < 4.78 is 16.2. The van der Waals surface area contributed by atoms with Gasteiger partial charge in [-0.1, -0.05) is 42.5 Å². The van der Waals surface area contributed by atoms with Gasteiger partial charge < -0.3 is 14.4 Å². The number of hydrogen-bond donors (Lipinski definition) is 0. The van der Waals surface area contributed by atoms with Crippen molar-refractivity contribution >= 4 is 34.2 Å². The van der Waals surface area contributed by atoms with Crippen LogP contribution in [-0.2, 0) is 16.1 Å². The minimum Gasteiger partial charge on any atom is -0.318 e. The summed E-state index contributed by atoms with van der Waals surface area (Å²) in [5.74, 6) is -0.269. The van der Waals surface area contributed by atoms with Crippen LogP contribution in [0, 0.1) is 5.82 Å². The minimum atomic E-state index is -0.431. The van der Waals surface area contributed by atoms with Crippen LogP contribution in [0.1, 0.15) is 18.2 Å². The quantitative estimate of drug-likeness (QED) is 0.462. The van der Waals surface area contributed by atoms with Crippen molar-refractivity contribution in [3.8, 4) is 0 Å². The molecule has 1 saturated heterocycles. The molecular weight excluding hydrogens is 419 g/mol. The fourth-order valence-corrected chi connectivity index (χ4v) is 4.39. The summed E-state index contributed by atoms with van der Waals surface area (Å²) in [6.07, 6.45) is 0.209. The zero-order chi connectivity index (χ0) is 22.9. The number of rotatable bonds is 5. The third-order valence-electron chi connectivity index (χ3n) is 6.13. The molecule has 0 N–H and O–H groups in total. The van der Waals surface area contributed by atoms with Crippen LogP contribution in [0.3, 0.4) is 0 Å². The van der Waals surface area contributed by atoms with Crippen molar-refractivity contribution in [2.45, 2.75) is 18.9 Å². The van der Waals surface area contributed by atoms with Crippen LogP contribution in [0.25, 0.3) is 11.0 Å². The highest BCUT2D eigenvalue weighted by atomic mass is 19.1. The number of carbonyl (C=O) groups is 2. The summed E-state index contributed by atoms with van der Waals surface area (Å²) in [5, 5.41) is 0. The molecule has 33 heavy (non-hydrogen) atoms. The molecule has 0 bridgehead atoms. The number of benzene rings is 3. The highest BCUT2D eigenvalue weighted by molar-refractivity contribution is 5.97. The topological polar surface area (TPSA) is 58.4 Å². The van der Waals surface area contributed by atoms with Gasteiger partial charge >= 0.3 is 0 Å². The van der Waals surface area contributed by atoms with Crippen LogP contribution in [0.5, 0.6) is 0 Å². The lowest BCUT2D eigenvalue weighted by atomic mass is 10.1. The second-order valence-electron chi connectivity index (χ2n) is 8.19. The molecule has 0 saturated carbocycles. The van der Waals surface area contributed by atoms with E-state index in [0.29, 0.717) is 12.4 Å². The molecule has 0 aliphatic carbocycles. The monoisotopic (exact) mass is 442 g/mol. The Hall–Kier alpha value is -4.00. The molecule has 1 unspecified atom stereocenters. The van der Waals surface area contributed by atoms with Gasteiger partial charge in [-0.15, -0.1) is 0 Å². The molecule has 2 amide bonds. The van der Waals surface area contributed by atoms with Gasteiger partial charge in [-0.25, -0.2) is 9.37 Å². The molecule has 1 atom stereocenters. The second kappa shape index (κ2) is 8.50. The SMILES string of the molecule is CN(C(=O)Cn1c(C2CC(=O)N(c3ccccc3F)C2)nc2ccccc21)c1ccccc1. The Morgan fingerprint density at radius 1 is 1.03 bits per heavy atom. The maximum absolute atomic E-state index is 14.3. The van der Waals surface area contributed by atoms with Gasteiger partial charge in [0.1, 0.15) is 18.2 Å². The molecule has 2 heterocycles. The Kier molecular flexibility index (Phi) is 5.38. The van der Waals surface area contributed by atoms with E-state index in [4.69, 9.17) is 4.98 Å². The summed E-state index contributed by atoms with van der Waals surface area (Å²) in [5.41, 5.74) is 2.67. The average Bonchev–Trinajstić information content (AvgIpc) is 3.40. The van der Waals surface area contributed by atoms with Gasteiger partial charge in [-0.2, -0.15) is 0 Å². The molecule has 0 radical (unpaired) electrons. The third kappa shape index (κ3) is 3.86. The van der Waals surface area contributed by atoms with Crippen LogP contribution in [0.2, 0.25) is 0 Å². The molecule has 1 aliphatic heterocycles. The second-order valence-corrected chi connectivity index (χ2v) is 8.19. The number of para-hydroxylation sites is 4. The Balaban J connectivity index is 1.48. The van der Waals surface area contributed by atoms with Crippen molar-refractivity contribution in [1.29, 1.82) is 0 Å². The first-order valence-electron chi connectivity index (χ1n) is 10.8. The Bertz CT molecular complexity index is 1330. The number of imidazole rings is 1. The summed E-state index contributed by atoms with van der Waals surface area (Å²) in [6.45, 7) is 0.400. The number of amides is 2. The van der Waals surface area contributed by atoms with E-state index in [0.717, 1.165) is 16.7 Å². The summed E-state index contributed by atoms with van der Waals surface area (Å²) in [4.78, 5) is 33.8. The number of anilines is 2. The van der Waals surface area contributed by atoms with Crippen molar-refractivity contribution < 1.29 is 14.0 Å². The fourth-order valence-electron chi connectivity index (χ4n) is 4.39. The highest BCUT2D eigenvalue weighted by Crippen LogP contribution is 2.34. The molecule has 1 fully saturated rings. The van der Waals surface area contributed by atoms with E-state index in [1.807, 2.05) is 59.2 Å². The minimum absolute atomic E-state index is 0.0889. The van der Waals surface area contributed by atoms with Crippen LogP contribution in [0.15, 0.2) is 78.9 Å². The molecule has 0 spiro atoms. The number of aromatic nitrogens is 2. The third-order valence-corrected chi connectivity index (χ3v) is 6.13. The van der Waals surface area contributed by atoms with E-state index in [2.05, 4.69) is 0 Å². The maximum atomic E-state index is 14.3. The van der Waals surface area contributed by atoms with Crippen molar-refractivity contribution in [3.05, 3.63) is 90.5 Å². The average molecular weight is 442 g/mol. The van der Waals surface area contributed by atoms with E-state index >= 15 is 0 Å². The molecule has 1 aliphatic rings. The number of fused-ring (bicyclic) bond motifs is 1. The number of halogens is 1. The van der Waals surface area contributed by atoms with Crippen LogP contribution < -0.4 is 9.80 Å². The maximum Gasteiger partial charge on any atom is 0.246 e. The Morgan fingerprint density at radius 3 is 2.52 bits per heavy atom. The van der Waals surface area contributed by atoms with Crippen molar-refractivity contribution in [2.75, 3.05) is 23.4 Å². The molecule has 4 aromatic rings. The van der Waals surface area contributed by atoms with Crippen molar-refractivity contribution in [3.63, 3.8) is 0 Å². The number of nitrogens with zero attached hydrogens (tertiary/aromatic N) is 4. The standard InChI is InChI=1S/C26H23FN4O2/c1-29(19-9-3-2-4-10-19)25(33)17-31-23-14-8-6-12-21(23)28-26(31)18-15-24(32)30(16-18)22-13-7-5-11-20(22)27/h2-14,18H,15-17H2,1H3. The zero-order valence-electron chi connectivity index (χ0n) is 18.2. The van der Waals surface area contributed by atoms with E-state index in [-0.39, 0.29) is 36.4 Å². The number of carbonyl (C=O) groups excluding carboxylic acids is 2. The molecule has 6 nitrogen and oxygen atoms in total. The van der Waals surface area contributed by atoms with E-state index in [1.165, 1.54) is 11.0 Å². The molecule has 7 heteroatoms.